The van der Waals surface area contributed by atoms with E-state index in [2.05, 4.69) is 59.1 Å². The zero-order chi connectivity index (χ0) is 48.6. The van der Waals surface area contributed by atoms with Gasteiger partial charge in [0, 0.05) is 58.5 Å². The Labute approximate surface area is 418 Å². The number of allylic oxidation sites excluding steroid dienone is 2. The van der Waals surface area contributed by atoms with Gasteiger partial charge in [-0.1, -0.05) is 244 Å². The second-order valence-electron chi connectivity index (χ2n) is 20.3. The average molecular weight is 945 g/mol. The van der Waals surface area contributed by atoms with Crippen molar-refractivity contribution in [3.05, 3.63) is 12.2 Å². The highest BCUT2D eigenvalue weighted by Gasteiger charge is 2.11. The van der Waals surface area contributed by atoms with Crippen molar-refractivity contribution in [1.82, 2.24) is 26.2 Å². The summed E-state index contributed by atoms with van der Waals surface area (Å²) in [5.74, 6) is 0.357. The molecule has 0 atom stereocenters. The van der Waals surface area contributed by atoms with E-state index in [0.717, 1.165) is 58.4 Å². The number of amides is 3. The minimum atomic E-state index is 0.113. The van der Waals surface area contributed by atoms with Crippen molar-refractivity contribution in [2.24, 2.45) is 0 Å². The van der Waals surface area contributed by atoms with Crippen molar-refractivity contribution >= 4 is 17.7 Å². The molecule has 0 aliphatic heterocycles. The maximum atomic E-state index is 12.8. The minimum Gasteiger partial charge on any atom is -0.356 e. The van der Waals surface area contributed by atoms with E-state index in [1.165, 1.54) is 231 Å². The first-order chi connectivity index (χ1) is 33.0. The van der Waals surface area contributed by atoms with E-state index in [0.29, 0.717) is 38.9 Å². The molecule has 0 aromatic heterocycles. The maximum Gasteiger partial charge on any atom is 0.221 e. The molecule has 0 radical (unpaired) electrons. The van der Waals surface area contributed by atoms with Crippen LogP contribution in [0, 0.1) is 0 Å². The number of nitrogens with zero attached hydrogens (tertiary/aromatic N) is 1. The van der Waals surface area contributed by atoms with Crippen molar-refractivity contribution in [2.45, 2.75) is 297 Å². The highest BCUT2D eigenvalue weighted by molar-refractivity contribution is 5.77. The predicted molar refractivity (Wildman–Crippen MR) is 293 cm³/mol. The minimum absolute atomic E-state index is 0.113. The lowest BCUT2D eigenvalue weighted by atomic mass is 10.0. The first-order valence-electron chi connectivity index (χ1n) is 29.9. The third-order valence-electron chi connectivity index (χ3n) is 13.7. The molecule has 4 N–H and O–H groups in total. The Bertz CT molecular complexity index is 1050. The Morgan fingerprint density at radius 1 is 0.328 bits per heavy atom. The predicted octanol–water partition coefficient (Wildman–Crippen LogP) is 15.6. The molecule has 0 spiro atoms. The molecule has 0 unspecified atom stereocenters. The van der Waals surface area contributed by atoms with Gasteiger partial charge in [0.25, 0.3) is 0 Å². The van der Waals surface area contributed by atoms with Gasteiger partial charge in [0.1, 0.15) is 0 Å². The molecule has 8 heteroatoms. The van der Waals surface area contributed by atoms with Crippen LogP contribution in [0.25, 0.3) is 0 Å². The largest absolute Gasteiger partial charge is 0.356 e. The fraction of sp³-hybridized carbons (Fsp3) is 0.915. The van der Waals surface area contributed by atoms with Gasteiger partial charge in [-0.05, 0) is 58.5 Å². The highest BCUT2D eigenvalue weighted by Crippen LogP contribution is 2.15. The van der Waals surface area contributed by atoms with Gasteiger partial charge < -0.3 is 26.2 Å². The fourth-order valence-corrected chi connectivity index (χ4v) is 9.17. The molecule has 0 saturated carbocycles. The third-order valence-corrected chi connectivity index (χ3v) is 13.7. The molecule has 0 rings (SSSR count). The van der Waals surface area contributed by atoms with E-state index in [1.54, 1.807) is 0 Å². The molecule has 0 saturated heterocycles. The molecule has 67 heavy (non-hydrogen) atoms. The van der Waals surface area contributed by atoms with Crippen LogP contribution in [-0.4, -0.2) is 75.0 Å². The Morgan fingerprint density at radius 3 is 0.955 bits per heavy atom. The van der Waals surface area contributed by atoms with E-state index in [9.17, 15) is 14.4 Å². The molecule has 0 bridgehead atoms. The van der Waals surface area contributed by atoms with Crippen LogP contribution < -0.4 is 21.3 Å². The van der Waals surface area contributed by atoms with Gasteiger partial charge >= 0.3 is 0 Å². The van der Waals surface area contributed by atoms with Gasteiger partial charge in [-0.2, -0.15) is 0 Å². The number of carbonyl (C=O) groups is 3. The SMILES string of the molecule is C/C=C/CCCCCCCCCCCCCCNC(=O)CCN(CCCNCCC(=O)NCCCCCCCCCCCCCCC)CCC(=O)NCCCCCCCCCCCCCCC. The van der Waals surface area contributed by atoms with Crippen molar-refractivity contribution in [3.8, 4) is 0 Å². The second-order valence-corrected chi connectivity index (χ2v) is 20.3. The van der Waals surface area contributed by atoms with Gasteiger partial charge in [-0.25, -0.2) is 0 Å². The van der Waals surface area contributed by atoms with Gasteiger partial charge in [-0.3, -0.25) is 14.4 Å². The van der Waals surface area contributed by atoms with Crippen LogP contribution in [0.15, 0.2) is 12.2 Å². The van der Waals surface area contributed by atoms with E-state index in [4.69, 9.17) is 0 Å². The summed E-state index contributed by atoms with van der Waals surface area (Å²) in [4.78, 5) is 40.3. The van der Waals surface area contributed by atoms with Crippen molar-refractivity contribution in [3.63, 3.8) is 0 Å². The zero-order valence-corrected chi connectivity index (χ0v) is 45.4. The summed E-state index contributed by atoms with van der Waals surface area (Å²) in [6.45, 7) is 12.6. The summed E-state index contributed by atoms with van der Waals surface area (Å²) in [7, 11) is 0. The van der Waals surface area contributed by atoms with Crippen molar-refractivity contribution < 1.29 is 14.4 Å². The summed E-state index contributed by atoms with van der Waals surface area (Å²) < 4.78 is 0. The van der Waals surface area contributed by atoms with Gasteiger partial charge in [0.15, 0.2) is 0 Å². The van der Waals surface area contributed by atoms with Crippen LogP contribution in [-0.2, 0) is 14.4 Å². The summed E-state index contributed by atoms with van der Waals surface area (Å²) in [5, 5.41) is 12.9. The Hall–Kier alpha value is -1.93. The van der Waals surface area contributed by atoms with E-state index in [1.807, 2.05) is 0 Å². The summed E-state index contributed by atoms with van der Waals surface area (Å²) in [6.07, 6.45) is 58.4. The number of carbonyl (C=O) groups excluding carboxylic acids is 3. The Morgan fingerprint density at radius 2 is 0.627 bits per heavy atom. The van der Waals surface area contributed by atoms with Gasteiger partial charge in [0.05, 0.1) is 0 Å². The van der Waals surface area contributed by atoms with Gasteiger partial charge in [0.2, 0.25) is 17.7 Å². The first-order valence-corrected chi connectivity index (χ1v) is 29.9. The molecule has 396 valence electrons. The number of unbranched alkanes of at least 4 members (excludes halogenated alkanes) is 36. The Kier molecular flexibility index (Phi) is 55.0. The smallest absolute Gasteiger partial charge is 0.221 e. The van der Waals surface area contributed by atoms with Crippen molar-refractivity contribution in [2.75, 3.05) is 52.4 Å². The molecule has 3 amide bonds. The molecule has 0 aliphatic rings. The van der Waals surface area contributed by atoms with Crippen LogP contribution in [0.4, 0.5) is 0 Å². The number of rotatable bonds is 56. The lowest BCUT2D eigenvalue weighted by Gasteiger charge is -2.22. The standard InChI is InChI=1S/C59H117N5O3/c1-4-7-10-13-16-19-22-25-26-29-32-35-38-41-44-52-63-59(67)48-56-64(55-47-58(66)62-51-43-40-37-34-31-28-24-21-18-15-12-9-6-3)54-45-49-60-53-46-57(65)61-50-42-39-36-33-30-27-23-20-17-14-11-8-5-2/h4,7,60H,5-6,8-56H2,1-3H3,(H,61,65)(H,62,66)(H,63,67)/b7-4+. The molecule has 0 aliphatic carbocycles. The van der Waals surface area contributed by atoms with E-state index < -0.39 is 0 Å². The molecule has 0 aromatic carbocycles. The quantitative estimate of drug-likeness (QED) is 0.0359. The van der Waals surface area contributed by atoms with Crippen LogP contribution in [0.5, 0.6) is 0 Å². The van der Waals surface area contributed by atoms with Crippen LogP contribution in [0.2, 0.25) is 0 Å². The molecule has 8 nitrogen and oxygen atoms in total. The average Bonchev–Trinajstić information content (AvgIpc) is 3.33. The monoisotopic (exact) mass is 944 g/mol. The van der Waals surface area contributed by atoms with Gasteiger partial charge in [-0.15, -0.1) is 0 Å². The maximum absolute atomic E-state index is 12.8. The normalized spacial score (nSPS) is 11.6. The lowest BCUT2D eigenvalue weighted by molar-refractivity contribution is -0.122. The van der Waals surface area contributed by atoms with Crippen LogP contribution in [0.1, 0.15) is 297 Å². The van der Waals surface area contributed by atoms with Crippen LogP contribution in [0.3, 0.4) is 0 Å². The lowest BCUT2D eigenvalue weighted by Crippen LogP contribution is -2.36. The number of hydrogen-bond donors (Lipinski definition) is 4. The van der Waals surface area contributed by atoms with E-state index >= 15 is 0 Å². The number of nitrogens with one attached hydrogen (secondary N) is 4. The van der Waals surface area contributed by atoms with Crippen LogP contribution >= 0.6 is 0 Å². The second kappa shape index (κ2) is 56.7. The fourth-order valence-electron chi connectivity index (χ4n) is 9.17. The molecular weight excluding hydrogens is 827 g/mol. The Balaban J connectivity index is 4.26. The molecular formula is C59H117N5O3. The summed E-state index contributed by atoms with van der Waals surface area (Å²) in [6, 6.07) is 0. The third kappa shape index (κ3) is 54.9. The summed E-state index contributed by atoms with van der Waals surface area (Å²) in [5.41, 5.74) is 0. The summed E-state index contributed by atoms with van der Waals surface area (Å²) >= 11 is 0. The molecule has 0 aromatic rings. The molecule has 0 heterocycles. The molecule has 0 fully saturated rings. The first kappa shape index (κ1) is 65.1. The highest BCUT2D eigenvalue weighted by atomic mass is 16.2. The topological polar surface area (TPSA) is 103 Å². The number of hydrogen-bond acceptors (Lipinski definition) is 5. The van der Waals surface area contributed by atoms with Crippen molar-refractivity contribution in [1.29, 1.82) is 0 Å². The van der Waals surface area contributed by atoms with E-state index in [-0.39, 0.29) is 17.7 Å². The zero-order valence-electron chi connectivity index (χ0n) is 45.4.